The van der Waals surface area contributed by atoms with Crippen LogP contribution in [-0.4, -0.2) is 44.0 Å². The van der Waals surface area contributed by atoms with Crippen molar-refractivity contribution < 1.29 is 14.7 Å². The zero-order valence-electron chi connectivity index (χ0n) is 11.3. The highest BCUT2D eigenvalue weighted by atomic mass is 16.4. The molecule has 1 N–H and O–H groups in total. The maximum absolute atomic E-state index is 12.4. The number of rotatable bonds is 5. The summed E-state index contributed by atoms with van der Waals surface area (Å²) in [6.07, 6.45) is 6.94. The molecule has 1 fully saturated rings. The van der Waals surface area contributed by atoms with Gasteiger partial charge in [-0.2, -0.15) is 0 Å². The fourth-order valence-corrected chi connectivity index (χ4v) is 2.25. The molecule has 108 valence electrons. The van der Waals surface area contributed by atoms with Gasteiger partial charge in [-0.05, 0) is 37.1 Å². The summed E-state index contributed by atoms with van der Waals surface area (Å²) < 4.78 is 1.84. The van der Waals surface area contributed by atoms with Crippen LogP contribution in [0.25, 0.3) is 5.69 Å². The Hall–Kier alpha value is -2.63. The van der Waals surface area contributed by atoms with Gasteiger partial charge < -0.3 is 14.6 Å². The van der Waals surface area contributed by atoms with Gasteiger partial charge in [-0.1, -0.05) is 0 Å². The fourth-order valence-electron chi connectivity index (χ4n) is 2.25. The first-order chi connectivity index (χ1) is 10.1. The molecule has 0 bridgehead atoms. The number of carboxylic acids is 1. The van der Waals surface area contributed by atoms with E-state index in [0.717, 1.165) is 18.5 Å². The molecule has 0 aliphatic heterocycles. The van der Waals surface area contributed by atoms with Crippen molar-refractivity contribution in [3.63, 3.8) is 0 Å². The summed E-state index contributed by atoms with van der Waals surface area (Å²) in [6, 6.07) is 7.15. The Labute approximate surface area is 121 Å². The summed E-state index contributed by atoms with van der Waals surface area (Å²) >= 11 is 0. The first kappa shape index (κ1) is 13.4. The molecule has 0 saturated heterocycles. The van der Waals surface area contributed by atoms with E-state index in [9.17, 15) is 9.59 Å². The molecular weight excluding hydrogens is 270 g/mol. The molecule has 1 amide bonds. The lowest BCUT2D eigenvalue weighted by atomic mass is 10.1. The molecule has 1 aliphatic rings. The minimum atomic E-state index is -0.981. The third-order valence-electron chi connectivity index (χ3n) is 3.47. The van der Waals surface area contributed by atoms with Crippen LogP contribution in [-0.2, 0) is 4.79 Å². The highest BCUT2D eigenvalue weighted by molar-refractivity contribution is 5.96. The molecule has 0 atom stereocenters. The Bertz CT molecular complexity index is 645. The van der Waals surface area contributed by atoms with E-state index in [0.29, 0.717) is 5.56 Å². The normalized spacial score (nSPS) is 13.9. The van der Waals surface area contributed by atoms with E-state index in [1.165, 1.54) is 4.90 Å². The smallest absolute Gasteiger partial charge is 0.323 e. The molecule has 0 unspecified atom stereocenters. The van der Waals surface area contributed by atoms with Crippen molar-refractivity contribution in [1.82, 2.24) is 14.5 Å². The van der Waals surface area contributed by atoms with Gasteiger partial charge in [0.15, 0.2) is 0 Å². The third-order valence-corrected chi connectivity index (χ3v) is 3.47. The summed E-state index contributed by atoms with van der Waals surface area (Å²) in [6.45, 7) is -0.243. The number of carboxylic acid groups (broad SMARTS) is 1. The minimum Gasteiger partial charge on any atom is -0.480 e. The maximum atomic E-state index is 12.4. The molecule has 0 spiro atoms. The summed E-state index contributed by atoms with van der Waals surface area (Å²) in [7, 11) is 0. The Kier molecular flexibility index (Phi) is 3.43. The lowest BCUT2D eigenvalue weighted by molar-refractivity contribution is -0.137. The van der Waals surface area contributed by atoms with Crippen LogP contribution in [0.3, 0.4) is 0 Å². The molecule has 6 nitrogen and oxygen atoms in total. The van der Waals surface area contributed by atoms with E-state index >= 15 is 0 Å². The second-order valence-corrected chi connectivity index (χ2v) is 5.07. The van der Waals surface area contributed by atoms with Crippen molar-refractivity contribution in [2.75, 3.05) is 6.54 Å². The molecule has 1 aromatic heterocycles. The summed E-state index contributed by atoms with van der Waals surface area (Å²) in [4.78, 5) is 28.7. The average molecular weight is 285 g/mol. The van der Waals surface area contributed by atoms with Crippen LogP contribution in [0.1, 0.15) is 23.2 Å². The Morgan fingerprint density at radius 1 is 1.29 bits per heavy atom. The molecule has 21 heavy (non-hydrogen) atoms. The van der Waals surface area contributed by atoms with Gasteiger partial charge in [0.05, 0.1) is 6.33 Å². The SMILES string of the molecule is O=C(O)CN(C(=O)c1ccc(-n2ccnc2)cc1)C1CC1. The van der Waals surface area contributed by atoms with Crippen molar-refractivity contribution >= 4 is 11.9 Å². The first-order valence-electron chi connectivity index (χ1n) is 6.76. The van der Waals surface area contributed by atoms with Crippen LogP contribution in [0.2, 0.25) is 0 Å². The Morgan fingerprint density at radius 2 is 2.00 bits per heavy atom. The standard InChI is InChI=1S/C15H15N3O3/c19-14(20)9-18(13-5-6-13)15(21)11-1-3-12(4-2-11)17-8-7-16-10-17/h1-4,7-8,10,13H,5-6,9H2,(H,19,20). The molecule has 2 aromatic rings. The van der Waals surface area contributed by atoms with Crippen molar-refractivity contribution in [2.45, 2.75) is 18.9 Å². The highest BCUT2D eigenvalue weighted by Gasteiger charge is 2.34. The lowest BCUT2D eigenvalue weighted by Gasteiger charge is -2.20. The molecule has 0 radical (unpaired) electrons. The number of benzene rings is 1. The summed E-state index contributed by atoms with van der Waals surface area (Å²) in [5.41, 5.74) is 1.41. The van der Waals surface area contributed by atoms with Gasteiger partial charge in [0.2, 0.25) is 0 Å². The maximum Gasteiger partial charge on any atom is 0.323 e. The number of carbonyl (C=O) groups is 2. The quantitative estimate of drug-likeness (QED) is 0.904. The second kappa shape index (κ2) is 5.40. The van der Waals surface area contributed by atoms with Gasteiger partial charge in [-0.3, -0.25) is 9.59 Å². The third kappa shape index (κ3) is 2.94. The van der Waals surface area contributed by atoms with Gasteiger partial charge in [-0.25, -0.2) is 4.98 Å². The van der Waals surface area contributed by atoms with Crippen LogP contribution in [0.15, 0.2) is 43.0 Å². The number of amides is 1. The number of imidazole rings is 1. The highest BCUT2D eigenvalue weighted by Crippen LogP contribution is 2.28. The first-order valence-corrected chi connectivity index (χ1v) is 6.76. The van der Waals surface area contributed by atoms with Crippen LogP contribution in [0, 0.1) is 0 Å². The molecule has 1 aliphatic carbocycles. The van der Waals surface area contributed by atoms with Gasteiger partial charge in [0.25, 0.3) is 5.91 Å². The van der Waals surface area contributed by atoms with Gasteiger partial charge >= 0.3 is 5.97 Å². The fraction of sp³-hybridized carbons (Fsp3) is 0.267. The second-order valence-electron chi connectivity index (χ2n) is 5.07. The van der Waals surface area contributed by atoms with Crippen LogP contribution in [0.4, 0.5) is 0 Å². The van der Waals surface area contributed by atoms with E-state index in [1.54, 1.807) is 24.7 Å². The van der Waals surface area contributed by atoms with Gasteiger partial charge in [0.1, 0.15) is 6.54 Å². The molecule has 3 rings (SSSR count). The number of aromatic nitrogens is 2. The Balaban J connectivity index is 1.79. The molecular formula is C15H15N3O3. The zero-order valence-corrected chi connectivity index (χ0v) is 11.3. The molecule has 6 heteroatoms. The monoisotopic (exact) mass is 285 g/mol. The number of hydrogen-bond donors (Lipinski definition) is 1. The van der Waals surface area contributed by atoms with Crippen LogP contribution >= 0.6 is 0 Å². The summed E-state index contributed by atoms with van der Waals surface area (Å²) in [5, 5.41) is 8.92. The average Bonchev–Trinajstić information content (AvgIpc) is 3.18. The van der Waals surface area contributed by atoms with E-state index in [-0.39, 0.29) is 18.5 Å². The molecule has 1 heterocycles. The number of aliphatic carboxylic acids is 1. The van der Waals surface area contributed by atoms with Crippen molar-refractivity contribution in [2.24, 2.45) is 0 Å². The van der Waals surface area contributed by atoms with Crippen LogP contribution in [0.5, 0.6) is 0 Å². The Morgan fingerprint density at radius 3 is 2.52 bits per heavy atom. The van der Waals surface area contributed by atoms with Crippen LogP contribution < -0.4 is 0 Å². The largest absolute Gasteiger partial charge is 0.480 e. The molecule has 1 aromatic carbocycles. The van der Waals surface area contributed by atoms with Crippen molar-refractivity contribution in [1.29, 1.82) is 0 Å². The lowest BCUT2D eigenvalue weighted by Crippen LogP contribution is -2.37. The molecule has 1 saturated carbocycles. The van der Waals surface area contributed by atoms with Crippen molar-refractivity contribution in [3.8, 4) is 5.69 Å². The summed E-state index contributed by atoms with van der Waals surface area (Å²) in [5.74, 6) is -1.21. The van der Waals surface area contributed by atoms with Crippen molar-refractivity contribution in [3.05, 3.63) is 48.5 Å². The number of nitrogens with zero attached hydrogens (tertiary/aromatic N) is 3. The van der Waals surface area contributed by atoms with E-state index in [1.807, 2.05) is 22.9 Å². The van der Waals surface area contributed by atoms with Gasteiger partial charge in [0, 0.05) is 29.7 Å². The minimum absolute atomic E-state index is 0.0712. The van der Waals surface area contributed by atoms with Gasteiger partial charge in [-0.15, -0.1) is 0 Å². The van der Waals surface area contributed by atoms with E-state index in [2.05, 4.69) is 4.98 Å². The number of carbonyl (C=O) groups excluding carboxylic acids is 1. The predicted octanol–water partition coefficient (Wildman–Crippen LogP) is 1.56. The topological polar surface area (TPSA) is 75.4 Å². The predicted molar refractivity (Wildman–Crippen MR) is 75.3 cm³/mol. The van der Waals surface area contributed by atoms with E-state index < -0.39 is 5.97 Å². The number of hydrogen-bond acceptors (Lipinski definition) is 3. The zero-order chi connectivity index (χ0) is 14.8. The van der Waals surface area contributed by atoms with E-state index in [4.69, 9.17) is 5.11 Å².